The van der Waals surface area contributed by atoms with Gasteiger partial charge in [-0.05, 0) is 35.7 Å². The van der Waals surface area contributed by atoms with E-state index in [0.717, 1.165) is 18.4 Å². The van der Waals surface area contributed by atoms with Gasteiger partial charge in [-0.2, -0.15) is 0 Å². The minimum absolute atomic E-state index is 0.343. The van der Waals surface area contributed by atoms with E-state index in [-0.39, 0.29) is 0 Å². The number of rotatable bonds is 0. The molecule has 72 valence electrons. The van der Waals surface area contributed by atoms with Gasteiger partial charge >= 0.3 is 0 Å². The number of allylic oxidation sites excluding steroid dienone is 2. The summed E-state index contributed by atoms with van der Waals surface area (Å²) < 4.78 is 0. The molecule has 0 aliphatic heterocycles. The van der Waals surface area contributed by atoms with Crippen LogP contribution < -0.4 is 0 Å². The van der Waals surface area contributed by atoms with Crippen molar-refractivity contribution in [3.05, 3.63) is 11.6 Å². The first-order chi connectivity index (χ1) is 6.02. The highest BCUT2D eigenvalue weighted by molar-refractivity contribution is 5.98. The summed E-state index contributed by atoms with van der Waals surface area (Å²) in [5.74, 6) is 1.51. The zero-order valence-corrected chi connectivity index (χ0v) is 8.76. The van der Waals surface area contributed by atoms with E-state index in [1.54, 1.807) is 0 Å². The number of hydrogen-bond donors (Lipinski definition) is 0. The molecule has 1 fully saturated rings. The average Bonchev–Trinajstić information content (AvgIpc) is 2.27. The van der Waals surface area contributed by atoms with Crippen LogP contribution in [0.25, 0.3) is 0 Å². The standard InChI is InChI=1S/C12H18O/c1-8-7-10(13)9-5-4-6-12(2,3)11(8)9/h5,8,11H,4,6-7H2,1-3H3/t8-,11+/m1/s1. The number of carbonyl (C=O) groups is 1. The number of fused-ring (bicyclic) bond motifs is 1. The maximum Gasteiger partial charge on any atom is 0.159 e. The van der Waals surface area contributed by atoms with Crippen LogP contribution in [0.15, 0.2) is 11.6 Å². The number of hydrogen-bond acceptors (Lipinski definition) is 1. The Morgan fingerprint density at radius 3 is 2.77 bits per heavy atom. The lowest BCUT2D eigenvalue weighted by Crippen LogP contribution is -2.30. The Balaban J connectivity index is 2.40. The summed E-state index contributed by atoms with van der Waals surface area (Å²) >= 11 is 0. The van der Waals surface area contributed by atoms with Crippen molar-refractivity contribution >= 4 is 5.78 Å². The first-order valence-electron chi connectivity index (χ1n) is 5.25. The van der Waals surface area contributed by atoms with Crippen molar-refractivity contribution in [3.63, 3.8) is 0 Å². The van der Waals surface area contributed by atoms with Crippen LogP contribution >= 0.6 is 0 Å². The van der Waals surface area contributed by atoms with Crippen molar-refractivity contribution in [1.82, 2.24) is 0 Å². The maximum atomic E-state index is 11.6. The van der Waals surface area contributed by atoms with Gasteiger partial charge in [0.2, 0.25) is 0 Å². The maximum absolute atomic E-state index is 11.6. The Kier molecular flexibility index (Phi) is 1.86. The summed E-state index contributed by atoms with van der Waals surface area (Å²) in [6.45, 7) is 6.83. The highest BCUT2D eigenvalue weighted by Crippen LogP contribution is 2.50. The van der Waals surface area contributed by atoms with E-state index in [9.17, 15) is 4.79 Å². The fourth-order valence-electron chi connectivity index (χ4n) is 3.20. The highest BCUT2D eigenvalue weighted by Gasteiger charge is 2.45. The van der Waals surface area contributed by atoms with Gasteiger partial charge in [0, 0.05) is 6.42 Å². The lowest BCUT2D eigenvalue weighted by atomic mass is 9.67. The molecule has 2 aliphatic carbocycles. The second kappa shape index (κ2) is 2.70. The quantitative estimate of drug-likeness (QED) is 0.557. The number of carbonyl (C=O) groups excluding carboxylic acids is 1. The van der Waals surface area contributed by atoms with Gasteiger partial charge in [0.25, 0.3) is 0 Å². The molecule has 0 spiro atoms. The van der Waals surface area contributed by atoms with Crippen molar-refractivity contribution in [3.8, 4) is 0 Å². The van der Waals surface area contributed by atoms with Crippen molar-refractivity contribution in [1.29, 1.82) is 0 Å². The SMILES string of the molecule is C[C@@H]1CC(=O)C2=CCCC(C)(C)[C@H]21. The molecule has 0 unspecified atom stereocenters. The molecule has 13 heavy (non-hydrogen) atoms. The molecule has 0 radical (unpaired) electrons. The second-order valence-electron chi connectivity index (χ2n) is 5.27. The van der Waals surface area contributed by atoms with Gasteiger partial charge in [0.05, 0.1) is 0 Å². The Labute approximate surface area is 80.2 Å². The molecule has 2 rings (SSSR count). The van der Waals surface area contributed by atoms with Gasteiger partial charge in [-0.15, -0.1) is 0 Å². The summed E-state index contributed by atoms with van der Waals surface area (Å²) in [5, 5.41) is 0. The van der Waals surface area contributed by atoms with Crippen LogP contribution in [0.1, 0.15) is 40.0 Å². The predicted molar refractivity (Wildman–Crippen MR) is 53.4 cm³/mol. The van der Waals surface area contributed by atoms with Crippen LogP contribution in [-0.2, 0) is 4.79 Å². The van der Waals surface area contributed by atoms with Gasteiger partial charge in [-0.25, -0.2) is 0 Å². The second-order valence-corrected chi connectivity index (χ2v) is 5.27. The lowest BCUT2D eigenvalue weighted by Gasteiger charge is -2.37. The Hall–Kier alpha value is -0.590. The van der Waals surface area contributed by atoms with E-state index in [1.165, 1.54) is 6.42 Å². The molecule has 2 aliphatic rings. The fraction of sp³-hybridized carbons (Fsp3) is 0.750. The van der Waals surface area contributed by atoms with Crippen molar-refractivity contribution in [2.75, 3.05) is 0 Å². The molecule has 0 heterocycles. The molecular weight excluding hydrogens is 160 g/mol. The van der Waals surface area contributed by atoms with Gasteiger partial charge in [-0.1, -0.05) is 26.8 Å². The molecule has 0 saturated heterocycles. The summed E-state index contributed by atoms with van der Waals surface area (Å²) in [6, 6.07) is 0. The number of Topliss-reactive ketones (excluding diaryl/α,β-unsaturated/α-hetero) is 1. The minimum Gasteiger partial charge on any atom is -0.295 e. The zero-order valence-electron chi connectivity index (χ0n) is 8.76. The average molecular weight is 178 g/mol. The first kappa shape index (κ1) is 8.98. The van der Waals surface area contributed by atoms with Crippen molar-refractivity contribution in [2.45, 2.75) is 40.0 Å². The zero-order chi connectivity index (χ0) is 9.64. The van der Waals surface area contributed by atoms with Crippen LogP contribution in [0, 0.1) is 17.3 Å². The Morgan fingerprint density at radius 2 is 2.15 bits per heavy atom. The van der Waals surface area contributed by atoms with Gasteiger partial charge in [-0.3, -0.25) is 4.79 Å². The van der Waals surface area contributed by atoms with E-state index in [0.29, 0.717) is 23.0 Å². The third kappa shape index (κ3) is 1.25. The van der Waals surface area contributed by atoms with Gasteiger partial charge in [0.15, 0.2) is 5.78 Å². The van der Waals surface area contributed by atoms with E-state index < -0.39 is 0 Å². The molecule has 0 aromatic carbocycles. The third-order valence-corrected chi connectivity index (χ3v) is 3.73. The molecule has 0 bridgehead atoms. The molecular formula is C12H18O. The molecule has 2 atom stereocenters. The van der Waals surface area contributed by atoms with E-state index in [2.05, 4.69) is 26.8 Å². The smallest absolute Gasteiger partial charge is 0.159 e. The molecule has 0 aromatic rings. The molecule has 0 amide bonds. The topological polar surface area (TPSA) is 17.1 Å². The lowest BCUT2D eigenvalue weighted by molar-refractivity contribution is -0.114. The number of ketones is 1. The minimum atomic E-state index is 0.343. The van der Waals surface area contributed by atoms with Crippen LogP contribution in [0.3, 0.4) is 0 Å². The van der Waals surface area contributed by atoms with E-state index in [1.807, 2.05) is 0 Å². The van der Waals surface area contributed by atoms with Gasteiger partial charge in [0.1, 0.15) is 0 Å². The van der Waals surface area contributed by atoms with Crippen LogP contribution in [0.4, 0.5) is 0 Å². The molecule has 1 nitrogen and oxygen atoms in total. The summed E-state index contributed by atoms with van der Waals surface area (Å²) in [4.78, 5) is 11.6. The summed E-state index contributed by atoms with van der Waals surface area (Å²) in [5.41, 5.74) is 1.49. The van der Waals surface area contributed by atoms with Gasteiger partial charge < -0.3 is 0 Å². The van der Waals surface area contributed by atoms with E-state index in [4.69, 9.17) is 0 Å². The summed E-state index contributed by atoms with van der Waals surface area (Å²) in [6.07, 6.45) is 5.29. The predicted octanol–water partition coefficient (Wildman–Crippen LogP) is 2.96. The molecule has 1 saturated carbocycles. The molecule has 1 heteroatoms. The fourth-order valence-corrected chi connectivity index (χ4v) is 3.20. The monoisotopic (exact) mass is 178 g/mol. The Bertz CT molecular complexity index is 273. The van der Waals surface area contributed by atoms with Crippen LogP contribution in [-0.4, -0.2) is 5.78 Å². The largest absolute Gasteiger partial charge is 0.295 e. The Morgan fingerprint density at radius 1 is 1.46 bits per heavy atom. The van der Waals surface area contributed by atoms with Crippen LogP contribution in [0.2, 0.25) is 0 Å². The van der Waals surface area contributed by atoms with E-state index >= 15 is 0 Å². The normalized spacial score (nSPS) is 37.2. The highest BCUT2D eigenvalue weighted by atomic mass is 16.1. The molecule has 0 aromatic heterocycles. The van der Waals surface area contributed by atoms with Crippen LogP contribution in [0.5, 0.6) is 0 Å². The summed E-state index contributed by atoms with van der Waals surface area (Å²) in [7, 11) is 0. The van der Waals surface area contributed by atoms with Crippen molar-refractivity contribution < 1.29 is 4.79 Å². The molecule has 0 N–H and O–H groups in total. The first-order valence-corrected chi connectivity index (χ1v) is 5.25. The van der Waals surface area contributed by atoms with Crippen molar-refractivity contribution in [2.24, 2.45) is 17.3 Å². The third-order valence-electron chi connectivity index (χ3n) is 3.73.